The number of rotatable bonds is 4. The molecular weight excluding hydrogens is 466 g/mol. The van der Waals surface area contributed by atoms with E-state index in [1.165, 1.54) is 47.0 Å². The first kappa shape index (κ1) is 22.1. The summed E-state index contributed by atoms with van der Waals surface area (Å²) in [5, 5.41) is 2.23. The molecule has 34 heavy (non-hydrogen) atoms. The van der Waals surface area contributed by atoms with Crippen LogP contribution >= 0.6 is 11.3 Å². The Bertz CT molecular complexity index is 1700. The van der Waals surface area contributed by atoms with Crippen molar-refractivity contribution in [3.05, 3.63) is 101 Å². The van der Waals surface area contributed by atoms with Gasteiger partial charge >= 0.3 is 0 Å². The van der Waals surface area contributed by atoms with Gasteiger partial charge in [0.15, 0.2) is 4.80 Å². The molecule has 0 spiro atoms. The van der Waals surface area contributed by atoms with Crippen molar-refractivity contribution in [3.63, 3.8) is 0 Å². The van der Waals surface area contributed by atoms with E-state index in [4.69, 9.17) is 0 Å². The molecule has 5 aromatic rings. The van der Waals surface area contributed by atoms with Gasteiger partial charge in [0.2, 0.25) is 0 Å². The third-order valence-electron chi connectivity index (χ3n) is 5.76. The maximum absolute atomic E-state index is 13.0. The fourth-order valence-electron chi connectivity index (χ4n) is 3.88. The topological polar surface area (TPSA) is 71.7 Å². The third-order valence-corrected chi connectivity index (χ3v) is 8.66. The zero-order valence-electron chi connectivity index (χ0n) is 18.5. The number of aromatic nitrogens is 1. The molecule has 0 fully saturated rings. The van der Waals surface area contributed by atoms with E-state index >= 15 is 0 Å². The van der Waals surface area contributed by atoms with Crippen molar-refractivity contribution >= 4 is 53.9 Å². The van der Waals surface area contributed by atoms with Gasteiger partial charge in [-0.2, -0.15) is 4.99 Å². The fraction of sp³-hybridized carbons (Fsp3) is 0.0769. The molecule has 0 bridgehead atoms. The number of para-hydroxylation sites is 1. The summed E-state index contributed by atoms with van der Waals surface area (Å²) in [4.78, 5) is 17.9. The minimum atomic E-state index is -3.75. The first-order valence-electron chi connectivity index (χ1n) is 10.6. The summed E-state index contributed by atoms with van der Waals surface area (Å²) in [6.45, 7) is 0. The Morgan fingerprint density at radius 2 is 1.56 bits per heavy atom. The Kier molecular flexibility index (Phi) is 5.55. The Hall–Kier alpha value is -3.75. The smallest absolute Gasteiger partial charge is 0.279 e. The number of sulfonamides is 1. The molecule has 0 N–H and O–H groups in total. The molecule has 1 aromatic heterocycles. The number of carbonyl (C=O) groups is 1. The number of amides is 1. The molecule has 0 unspecified atom stereocenters. The van der Waals surface area contributed by atoms with Crippen LogP contribution in [0.2, 0.25) is 0 Å². The SMILES string of the molecule is CN(c1ccccc1)S(=O)(=O)c1ccc(C(=O)N=c2sc3ccc4ccccc4c3n2C)cc1. The van der Waals surface area contributed by atoms with Crippen LogP contribution in [-0.2, 0) is 17.1 Å². The fourth-order valence-corrected chi connectivity index (χ4v) is 6.11. The molecule has 0 aliphatic carbocycles. The summed E-state index contributed by atoms with van der Waals surface area (Å²) >= 11 is 1.44. The Balaban J connectivity index is 1.48. The Morgan fingerprint density at radius 1 is 0.882 bits per heavy atom. The van der Waals surface area contributed by atoms with Crippen LogP contribution < -0.4 is 9.11 Å². The summed E-state index contributed by atoms with van der Waals surface area (Å²) in [7, 11) is -0.349. The lowest BCUT2D eigenvalue weighted by Crippen LogP contribution is -2.26. The summed E-state index contributed by atoms with van der Waals surface area (Å²) in [5.74, 6) is -0.424. The number of benzene rings is 4. The van der Waals surface area contributed by atoms with E-state index in [0.29, 0.717) is 16.1 Å². The van der Waals surface area contributed by atoms with Crippen LogP contribution in [0.1, 0.15) is 10.4 Å². The molecule has 0 radical (unpaired) electrons. The van der Waals surface area contributed by atoms with Crippen LogP contribution in [0, 0.1) is 0 Å². The molecule has 0 saturated heterocycles. The quantitative estimate of drug-likeness (QED) is 0.360. The lowest BCUT2D eigenvalue weighted by molar-refractivity contribution is 0.0998. The largest absolute Gasteiger partial charge is 0.319 e. The number of hydrogen-bond acceptors (Lipinski definition) is 4. The van der Waals surface area contributed by atoms with Gasteiger partial charge in [0, 0.05) is 25.0 Å². The molecule has 170 valence electrons. The highest BCUT2D eigenvalue weighted by Gasteiger charge is 2.21. The molecule has 0 atom stereocenters. The van der Waals surface area contributed by atoms with Crippen molar-refractivity contribution in [1.29, 1.82) is 0 Å². The lowest BCUT2D eigenvalue weighted by atomic mass is 10.1. The van der Waals surface area contributed by atoms with Gasteiger partial charge in [0.25, 0.3) is 15.9 Å². The van der Waals surface area contributed by atoms with Gasteiger partial charge in [0.1, 0.15) is 0 Å². The van der Waals surface area contributed by atoms with Crippen molar-refractivity contribution in [2.75, 3.05) is 11.4 Å². The average molecular weight is 488 g/mol. The van der Waals surface area contributed by atoms with Crippen LogP contribution in [-0.4, -0.2) is 25.9 Å². The molecule has 6 nitrogen and oxygen atoms in total. The molecule has 4 aromatic carbocycles. The first-order valence-corrected chi connectivity index (χ1v) is 12.8. The van der Waals surface area contributed by atoms with Gasteiger partial charge in [-0.25, -0.2) is 8.42 Å². The number of nitrogens with zero attached hydrogens (tertiary/aromatic N) is 3. The monoisotopic (exact) mass is 487 g/mol. The predicted octanol–water partition coefficient (Wildman–Crippen LogP) is 4.96. The Morgan fingerprint density at radius 3 is 2.29 bits per heavy atom. The number of thiazole rings is 1. The second kappa shape index (κ2) is 8.55. The van der Waals surface area contributed by atoms with Gasteiger partial charge < -0.3 is 4.57 Å². The van der Waals surface area contributed by atoms with Gasteiger partial charge in [-0.15, -0.1) is 0 Å². The van der Waals surface area contributed by atoms with E-state index in [1.54, 1.807) is 24.3 Å². The van der Waals surface area contributed by atoms with E-state index in [0.717, 1.165) is 21.0 Å². The number of hydrogen-bond donors (Lipinski definition) is 0. The van der Waals surface area contributed by atoms with Crippen molar-refractivity contribution in [2.24, 2.45) is 12.0 Å². The zero-order valence-corrected chi connectivity index (χ0v) is 20.2. The van der Waals surface area contributed by atoms with Gasteiger partial charge in [-0.3, -0.25) is 9.10 Å². The van der Waals surface area contributed by atoms with Gasteiger partial charge in [0.05, 0.1) is 20.8 Å². The Labute approximate surface area is 201 Å². The maximum Gasteiger partial charge on any atom is 0.279 e. The highest BCUT2D eigenvalue weighted by Crippen LogP contribution is 2.26. The van der Waals surface area contributed by atoms with E-state index in [-0.39, 0.29) is 4.90 Å². The third kappa shape index (κ3) is 3.81. The van der Waals surface area contributed by atoms with E-state index in [1.807, 2.05) is 35.9 Å². The maximum atomic E-state index is 13.0. The van der Waals surface area contributed by atoms with Crippen LogP contribution in [0.15, 0.2) is 101 Å². The van der Waals surface area contributed by atoms with Gasteiger partial charge in [-0.05, 0) is 47.9 Å². The van der Waals surface area contributed by atoms with Crippen molar-refractivity contribution in [2.45, 2.75) is 4.90 Å². The molecule has 5 rings (SSSR count). The molecule has 0 saturated carbocycles. The van der Waals surface area contributed by atoms with Crippen molar-refractivity contribution in [1.82, 2.24) is 4.57 Å². The number of fused-ring (bicyclic) bond motifs is 3. The second-order valence-electron chi connectivity index (χ2n) is 7.83. The minimum Gasteiger partial charge on any atom is -0.319 e. The predicted molar refractivity (Wildman–Crippen MR) is 137 cm³/mol. The minimum absolute atomic E-state index is 0.106. The summed E-state index contributed by atoms with van der Waals surface area (Å²) in [6.07, 6.45) is 0. The summed E-state index contributed by atoms with van der Waals surface area (Å²) in [5.41, 5.74) is 1.91. The number of aryl methyl sites for hydroxylation is 1. The zero-order chi connectivity index (χ0) is 23.9. The van der Waals surface area contributed by atoms with Crippen molar-refractivity contribution < 1.29 is 13.2 Å². The molecule has 0 aliphatic rings. The normalized spacial score (nSPS) is 12.4. The molecule has 0 aliphatic heterocycles. The van der Waals surface area contributed by atoms with Crippen LogP contribution in [0.25, 0.3) is 21.0 Å². The first-order chi connectivity index (χ1) is 16.4. The highest BCUT2D eigenvalue weighted by atomic mass is 32.2. The summed E-state index contributed by atoms with van der Waals surface area (Å²) < 4.78 is 30.1. The molecular formula is C26H21N3O3S2. The molecule has 8 heteroatoms. The van der Waals surface area contributed by atoms with Crippen LogP contribution in [0.3, 0.4) is 0 Å². The molecule has 1 heterocycles. The van der Waals surface area contributed by atoms with Gasteiger partial charge in [-0.1, -0.05) is 59.9 Å². The highest BCUT2D eigenvalue weighted by molar-refractivity contribution is 7.92. The van der Waals surface area contributed by atoms with Crippen LogP contribution in [0.4, 0.5) is 5.69 Å². The standard InChI is InChI=1S/C26H21N3O3S2/c1-28-24-22-11-7-6-8-18(22)14-17-23(24)33-26(28)27-25(30)19-12-15-21(16-13-19)34(31,32)29(2)20-9-4-3-5-10-20/h3-17H,1-2H3. The van der Waals surface area contributed by atoms with Crippen molar-refractivity contribution in [3.8, 4) is 0 Å². The number of carbonyl (C=O) groups excluding carboxylic acids is 1. The number of anilines is 1. The average Bonchev–Trinajstić information content (AvgIpc) is 3.19. The summed E-state index contributed by atoms with van der Waals surface area (Å²) in [6, 6.07) is 26.9. The lowest BCUT2D eigenvalue weighted by Gasteiger charge is -2.19. The van der Waals surface area contributed by atoms with E-state index in [9.17, 15) is 13.2 Å². The second-order valence-corrected chi connectivity index (χ2v) is 10.8. The van der Waals surface area contributed by atoms with Crippen LogP contribution in [0.5, 0.6) is 0 Å². The van der Waals surface area contributed by atoms with E-state index in [2.05, 4.69) is 23.2 Å². The van der Waals surface area contributed by atoms with E-state index < -0.39 is 15.9 Å². The molecule has 1 amide bonds.